The Kier molecular flexibility index (Phi) is 7.54. The number of hydrogen-bond acceptors (Lipinski definition) is 4. The summed E-state index contributed by atoms with van der Waals surface area (Å²) in [5, 5.41) is 8.92. The third-order valence-electron chi connectivity index (χ3n) is 3.52. The van der Waals surface area contributed by atoms with Gasteiger partial charge in [0.1, 0.15) is 6.04 Å². The maximum atomic E-state index is 12.2. The summed E-state index contributed by atoms with van der Waals surface area (Å²) in [6.45, 7) is 4.90. The lowest BCUT2D eigenvalue weighted by Gasteiger charge is -2.22. The average Bonchev–Trinajstić information content (AvgIpc) is 2.91. The Balaban J connectivity index is 2.49. The zero-order chi connectivity index (χ0) is 15.0. The minimum absolute atomic E-state index is 0.0306. The van der Waals surface area contributed by atoms with E-state index in [0.29, 0.717) is 12.8 Å². The number of carbonyl (C=O) groups excluding carboxylic acids is 2. The van der Waals surface area contributed by atoms with Crippen LogP contribution in [0.4, 0.5) is 0 Å². The van der Waals surface area contributed by atoms with Crippen LogP contribution in [0.25, 0.3) is 0 Å². The lowest BCUT2D eigenvalue weighted by atomic mass is 10.1. The molecule has 0 aromatic rings. The van der Waals surface area contributed by atoms with Gasteiger partial charge in [0.2, 0.25) is 11.8 Å². The topological polar surface area (TPSA) is 96.2 Å². The normalized spacial score (nSPS) is 21.2. The second-order valence-electron chi connectivity index (χ2n) is 5.40. The molecule has 1 saturated heterocycles. The van der Waals surface area contributed by atoms with Gasteiger partial charge in [-0.1, -0.05) is 26.7 Å². The monoisotopic (exact) mass is 284 g/mol. The van der Waals surface area contributed by atoms with E-state index in [9.17, 15) is 9.59 Å². The molecule has 1 rings (SSSR count). The van der Waals surface area contributed by atoms with Crippen molar-refractivity contribution < 1.29 is 9.59 Å². The smallest absolute Gasteiger partial charge is 0.243 e. The fraction of sp³-hybridized carbons (Fsp3) is 0.857. The summed E-state index contributed by atoms with van der Waals surface area (Å²) in [5.41, 5.74) is 5.78. The first-order chi connectivity index (χ1) is 9.58. The molecule has 6 heteroatoms. The van der Waals surface area contributed by atoms with Crippen LogP contribution >= 0.6 is 0 Å². The summed E-state index contributed by atoms with van der Waals surface area (Å²) < 4.78 is 0. The highest BCUT2D eigenvalue weighted by molar-refractivity contribution is 5.89. The van der Waals surface area contributed by atoms with Gasteiger partial charge < -0.3 is 16.4 Å². The summed E-state index contributed by atoms with van der Waals surface area (Å²) in [6.07, 6.45) is 4.98. The molecule has 0 bridgehead atoms. The van der Waals surface area contributed by atoms with E-state index in [1.165, 1.54) is 0 Å². The van der Waals surface area contributed by atoms with Crippen molar-refractivity contribution in [1.29, 1.82) is 0 Å². The average molecular weight is 284 g/mol. The fourth-order valence-electron chi connectivity index (χ4n) is 2.36. The highest BCUT2D eigenvalue weighted by atomic mass is 16.2. The van der Waals surface area contributed by atoms with Crippen LogP contribution in [-0.2, 0) is 9.59 Å². The van der Waals surface area contributed by atoms with Crippen molar-refractivity contribution in [1.82, 2.24) is 16.0 Å². The van der Waals surface area contributed by atoms with Crippen molar-refractivity contribution >= 4 is 11.8 Å². The predicted octanol–water partition coefficient (Wildman–Crippen LogP) is 0.224. The van der Waals surface area contributed by atoms with Crippen LogP contribution in [0.1, 0.15) is 52.4 Å². The molecule has 0 aromatic heterocycles. The van der Waals surface area contributed by atoms with Gasteiger partial charge in [0.05, 0.1) is 12.2 Å². The quantitative estimate of drug-likeness (QED) is 0.513. The number of hydrogen-bond donors (Lipinski definition) is 4. The van der Waals surface area contributed by atoms with E-state index in [-0.39, 0.29) is 18.0 Å². The molecule has 1 heterocycles. The van der Waals surface area contributed by atoms with Gasteiger partial charge in [0.25, 0.3) is 0 Å². The number of nitrogens with one attached hydrogen (secondary N) is 3. The van der Waals surface area contributed by atoms with Gasteiger partial charge in [-0.15, -0.1) is 0 Å². The molecular weight excluding hydrogens is 256 g/mol. The molecule has 6 nitrogen and oxygen atoms in total. The van der Waals surface area contributed by atoms with Crippen molar-refractivity contribution in [2.24, 2.45) is 5.73 Å². The molecule has 0 aliphatic carbocycles. The van der Waals surface area contributed by atoms with E-state index in [0.717, 1.165) is 32.2 Å². The molecule has 1 unspecified atom stereocenters. The van der Waals surface area contributed by atoms with Crippen LogP contribution in [-0.4, -0.2) is 36.6 Å². The van der Waals surface area contributed by atoms with Crippen molar-refractivity contribution in [3.63, 3.8) is 0 Å². The van der Waals surface area contributed by atoms with Crippen LogP contribution in [0, 0.1) is 0 Å². The first-order valence-corrected chi connectivity index (χ1v) is 7.68. The van der Waals surface area contributed by atoms with Gasteiger partial charge in [-0.2, -0.15) is 0 Å². The van der Waals surface area contributed by atoms with Gasteiger partial charge in [-0.3, -0.25) is 14.9 Å². The molecule has 1 fully saturated rings. The fourth-order valence-corrected chi connectivity index (χ4v) is 2.36. The Morgan fingerprint density at radius 3 is 2.50 bits per heavy atom. The summed E-state index contributed by atoms with van der Waals surface area (Å²) in [7, 11) is 0. The summed E-state index contributed by atoms with van der Waals surface area (Å²) in [6, 6.07) is -1.02. The van der Waals surface area contributed by atoms with Crippen LogP contribution in [0.5, 0.6) is 0 Å². The highest BCUT2D eigenvalue weighted by Gasteiger charge is 2.25. The van der Waals surface area contributed by atoms with E-state index in [1.807, 2.05) is 13.8 Å². The summed E-state index contributed by atoms with van der Waals surface area (Å²) >= 11 is 0. The second kappa shape index (κ2) is 8.92. The van der Waals surface area contributed by atoms with Crippen LogP contribution in [0.15, 0.2) is 0 Å². The van der Waals surface area contributed by atoms with E-state index in [2.05, 4.69) is 16.0 Å². The molecule has 116 valence electrons. The highest BCUT2D eigenvalue weighted by Crippen LogP contribution is 2.04. The first-order valence-electron chi connectivity index (χ1n) is 7.68. The van der Waals surface area contributed by atoms with E-state index in [4.69, 9.17) is 5.73 Å². The first kappa shape index (κ1) is 16.9. The standard InChI is InChI=1S/C14H28N4O2/c1-3-6-10(15)13(19)17-11(7-4-2)14(20)18-12-8-5-9-16-12/h10-12,16H,3-9,15H2,1-2H3,(H,17,19)(H,18,20)/t10-,11-,12?/m0/s1. The molecule has 0 saturated carbocycles. The molecule has 2 amide bonds. The molecule has 3 atom stereocenters. The Bertz CT molecular complexity index is 316. The molecule has 0 radical (unpaired) electrons. The SMILES string of the molecule is CCC[C@H](NC(=O)[C@@H](N)CCC)C(=O)NC1CCCN1. The van der Waals surface area contributed by atoms with Gasteiger partial charge in [0.15, 0.2) is 0 Å². The van der Waals surface area contributed by atoms with E-state index in [1.54, 1.807) is 0 Å². The number of rotatable bonds is 8. The lowest BCUT2D eigenvalue weighted by molar-refractivity contribution is -0.130. The molecule has 0 aromatic carbocycles. The number of nitrogens with two attached hydrogens (primary N) is 1. The van der Waals surface area contributed by atoms with Crippen molar-refractivity contribution in [2.75, 3.05) is 6.54 Å². The minimum atomic E-state index is -0.531. The van der Waals surface area contributed by atoms with Crippen LogP contribution in [0.3, 0.4) is 0 Å². The Hall–Kier alpha value is -1.14. The Labute approximate surface area is 121 Å². The van der Waals surface area contributed by atoms with E-state index >= 15 is 0 Å². The third-order valence-corrected chi connectivity index (χ3v) is 3.52. The molecular formula is C14H28N4O2. The van der Waals surface area contributed by atoms with Crippen LogP contribution in [0.2, 0.25) is 0 Å². The zero-order valence-electron chi connectivity index (χ0n) is 12.6. The Morgan fingerprint density at radius 1 is 1.25 bits per heavy atom. The van der Waals surface area contributed by atoms with Crippen LogP contribution < -0.4 is 21.7 Å². The molecule has 1 aliphatic rings. The minimum Gasteiger partial charge on any atom is -0.343 e. The Morgan fingerprint density at radius 2 is 1.95 bits per heavy atom. The summed E-state index contributed by atoms with van der Waals surface area (Å²) in [4.78, 5) is 24.1. The van der Waals surface area contributed by atoms with E-state index < -0.39 is 12.1 Å². The molecule has 5 N–H and O–H groups in total. The van der Waals surface area contributed by atoms with Crippen molar-refractivity contribution in [3.8, 4) is 0 Å². The maximum Gasteiger partial charge on any atom is 0.243 e. The van der Waals surface area contributed by atoms with Gasteiger partial charge in [0, 0.05) is 0 Å². The van der Waals surface area contributed by atoms with Gasteiger partial charge in [-0.05, 0) is 32.2 Å². The zero-order valence-corrected chi connectivity index (χ0v) is 12.6. The number of amides is 2. The third kappa shape index (κ3) is 5.46. The molecule has 1 aliphatic heterocycles. The molecule has 0 spiro atoms. The van der Waals surface area contributed by atoms with Crippen molar-refractivity contribution in [3.05, 3.63) is 0 Å². The maximum absolute atomic E-state index is 12.2. The van der Waals surface area contributed by atoms with Crippen molar-refractivity contribution in [2.45, 2.75) is 70.6 Å². The second-order valence-corrected chi connectivity index (χ2v) is 5.40. The lowest BCUT2D eigenvalue weighted by Crippen LogP contribution is -2.54. The molecule has 20 heavy (non-hydrogen) atoms. The number of carbonyl (C=O) groups is 2. The van der Waals surface area contributed by atoms with Gasteiger partial charge in [-0.25, -0.2) is 0 Å². The largest absolute Gasteiger partial charge is 0.343 e. The summed E-state index contributed by atoms with van der Waals surface area (Å²) in [5.74, 6) is -0.358. The predicted molar refractivity (Wildman–Crippen MR) is 78.9 cm³/mol. The van der Waals surface area contributed by atoms with Gasteiger partial charge >= 0.3 is 0 Å².